The van der Waals surface area contributed by atoms with Crippen LogP contribution in [0.2, 0.25) is 0 Å². The Labute approximate surface area is 176 Å². The lowest BCUT2D eigenvalue weighted by atomic mass is 9.89. The van der Waals surface area contributed by atoms with Crippen LogP contribution in [0.1, 0.15) is 24.1 Å². The third kappa shape index (κ3) is 5.39. The van der Waals surface area contributed by atoms with Crippen molar-refractivity contribution in [3.8, 4) is 0 Å². The number of halogens is 4. The minimum absolute atomic E-state index is 0.0847. The number of benzene rings is 1. The molecule has 2 heterocycles. The average molecular weight is 463 g/mol. The van der Waals surface area contributed by atoms with E-state index in [4.69, 9.17) is 0 Å². The van der Waals surface area contributed by atoms with Gasteiger partial charge in [-0.1, -0.05) is 0 Å². The summed E-state index contributed by atoms with van der Waals surface area (Å²) in [6, 6.07) is 2.09. The van der Waals surface area contributed by atoms with E-state index in [2.05, 4.69) is 25.3 Å². The number of hydroxylamine groups is 1. The smallest absolute Gasteiger partial charge is 0.379 e. The Kier molecular flexibility index (Phi) is 6.93. The largest absolute Gasteiger partial charge is 0.419 e. The Bertz CT molecular complexity index is 978. The van der Waals surface area contributed by atoms with Gasteiger partial charge in [0.15, 0.2) is 22.3 Å². The van der Waals surface area contributed by atoms with Crippen molar-refractivity contribution in [3.05, 3.63) is 35.3 Å². The maximum Gasteiger partial charge on any atom is 0.419 e. The van der Waals surface area contributed by atoms with Crippen molar-refractivity contribution in [2.75, 3.05) is 18.8 Å². The molecule has 0 saturated carbocycles. The lowest BCUT2D eigenvalue weighted by Gasteiger charge is -2.35. The van der Waals surface area contributed by atoms with Crippen molar-refractivity contribution in [1.29, 1.82) is 0 Å². The zero-order chi connectivity index (χ0) is 22.6. The van der Waals surface area contributed by atoms with Crippen LogP contribution in [0.3, 0.4) is 0 Å². The predicted molar refractivity (Wildman–Crippen MR) is 99.6 cm³/mol. The van der Waals surface area contributed by atoms with E-state index in [0.717, 1.165) is 17.8 Å². The van der Waals surface area contributed by atoms with Gasteiger partial charge < -0.3 is 10.4 Å². The summed E-state index contributed by atoms with van der Waals surface area (Å²) in [5, 5.41) is 29.5. The summed E-state index contributed by atoms with van der Waals surface area (Å²) < 4.78 is 56.7. The molecule has 1 fully saturated rings. The Morgan fingerprint density at radius 3 is 2.71 bits per heavy atom. The maximum absolute atomic E-state index is 13.4. The molecule has 2 aromatic rings. The number of thioether (sulfide) groups is 1. The second-order valence-corrected chi connectivity index (χ2v) is 7.75. The van der Waals surface area contributed by atoms with Crippen LogP contribution in [-0.4, -0.2) is 56.7 Å². The molecule has 1 aromatic carbocycles. The van der Waals surface area contributed by atoms with E-state index in [0.29, 0.717) is 24.3 Å². The third-order valence-corrected chi connectivity index (χ3v) is 5.46. The van der Waals surface area contributed by atoms with E-state index in [1.807, 2.05) is 0 Å². The molecule has 3 rings (SSSR count). The molecule has 1 aliphatic heterocycles. The van der Waals surface area contributed by atoms with Crippen LogP contribution >= 0.6 is 11.8 Å². The van der Waals surface area contributed by atoms with Crippen molar-refractivity contribution in [3.63, 3.8) is 0 Å². The fourth-order valence-electron chi connectivity index (χ4n) is 2.67. The van der Waals surface area contributed by atoms with Gasteiger partial charge in [0.05, 0.1) is 11.3 Å². The van der Waals surface area contributed by atoms with Crippen molar-refractivity contribution in [1.82, 2.24) is 21.1 Å². The zero-order valence-corrected chi connectivity index (χ0v) is 16.6. The number of ketones is 1. The number of aromatic nitrogens is 2. The minimum atomic E-state index is -4.92. The number of Topliss-reactive ketones (excluding diaryl/α,β-unsaturated/α-hetero) is 1. The maximum atomic E-state index is 13.4. The Balaban J connectivity index is 1.68. The highest BCUT2D eigenvalue weighted by Gasteiger charge is 2.41. The number of β-amino-alcohol motifs (C(OH)–C–C–N with tert-alkyl or cyclic N) is 1. The first kappa shape index (κ1) is 23.1. The summed E-state index contributed by atoms with van der Waals surface area (Å²) in [6.45, 7) is 0.440. The molecule has 168 valence electrons. The van der Waals surface area contributed by atoms with Gasteiger partial charge in [0.1, 0.15) is 11.4 Å². The number of nitrogens with one attached hydrogen (secondary N) is 2. The number of hydrogen-bond donors (Lipinski definition) is 4. The molecule has 1 aromatic heterocycles. The molecule has 0 spiro atoms. The normalized spacial score (nSPS) is 16.1. The second-order valence-electron chi connectivity index (χ2n) is 6.66. The highest BCUT2D eigenvalue weighted by Crippen LogP contribution is 2.34. The average Bonchev–Trinajstić information content (AvgIpc) is 3.16. The number of aliphatic hydroxyl groups is 1. The fraction of sp³-hybridized carbons (Fsp3) is 0.412. The number of carbonyl (C=O) groups is 1. The predicted octanol–water partition coefficient (Wildman–Crippen LogP) is 2.06. The summed E-state index contributed by atoms with van der Waals surface area (Å²) >= 11 is 1.11. The van der Waals surface area contributed by atoms with Crippen molar-refractivity contribution < 1.29 is 37.3 Å². The van der Waals surface area contributed by atoms with Gasteiger partial charge in [0, 0.05) is 25.3 Å². The van der Waals surface area contributed by atoms with Gasteiger partial charge in [-0.2, -0.15) is 13.2 Å². The number of nitrogens with zero attached hydrogens (tertiary/aromatic N) is 3. The van der Waals surface area contributed by atoms with E-state index in [-0.39, 0.29) is 47.5 Å². The highest BCUT2D eigenvalue weighted by atomic mass is 32.2. The number of amidine groups is 1. The molecule has 1 aliphatic rings. The monoisotopic (exact) mass is 463 g/mol. The Morgan fingerprint density at radius 2 is 2.10 bits per heavy atom. The zero-order valence-electron chi connectivity index (χ0n) is 15.7. The quantitative estimate of drug-likeness (QED) is 0.116. The lowest BCUT2D eigenvalue weighted by molar-refractivity contribution is -0.142. The Morgan fingerprint density at radius 1 is 1.35 bits per heavy atom. The summed E-state index contributed by atoms with van der Waals surface area (Å²) in [4.78, 5) is 15.8. The first-order valence-electron chi connectivity index (χ1n) is 8.92. The standard InChI is InChI=1S/C17H17F4N5O4S/c18-11-4-3-9(6-10(11)17(19,20)21)23-14(24-29)13-15(26-30-25-13)31-5-1-2-12(27)16(28)7-22-8-16/h3-4,6,22,28-29H,1-2,5,7-8H2,(H,23,24). The number of alkyl halides is 3. The third-order valence-electron chi connectivity index (χ3n) is 4.43. The van der Waals surface area contributed by atoms with E-state index >= 15 is 0 Å². The van der Waals surface area contributed by atoms with Crippen LogP contribution in [0.15, 0.2) is 32.8 Å². The first-order valence-corrected chi connectivity index (χ1v) is 9.90. The molecule has 0 unspecified atom stereocenters. The molecule has 9 nitrogen and oxygen atoms in total. The molecule has 0 amide bonds. The molecule has 0 radical (unpaired) electrons. The molecule has 1 saturated heterocycles. The molecule has 31 heavy (non-hydrogen) atoms. The van der Waals surface area contributed by atoms with Gasteiger partial charge in [0.25, 0.3) is 0 Å². The fourth-order valence-corrected chi connectivity index (χ4v) is 3.51. The van der Waals surface area contributed by atoms with Gasteiger partial charge in [0.2, 0.25) is 0 Å². The number of hydrogen-bond acceptors (Lipinski definition) is 9. The molecular formula is C17H17F4N5O4S. The first-order chi connectivity index (χ1) is 14.6. The summed E-state index contributed by atoms with van der Waals surface area (Å²) in [5.74, 6) is -1.72. The number of carbonyl (C=O) groups excluding carboxylic acids is 1. The van der Waals surface area contributed by atoms with Gasteiger partial charge >= 0.3 is 6.18 Å². The van der Waals surface area contributed by atoms with Gasteiger partial charge in [-0.3, -0.25) is 15.5 Å². The van der Waals surface area contributed by atoms with Crippen LogP contribution < -0.4 is 10.8 Å². The van der Waals surface area contributed by atoms with Crippen molar-refractivity contribution in [2.24, 2.45) is 4.99 Å². The Hall–Kier alpha value is -2.55. The summed E-state index contributed by atoms with van der Waals surface area (Å²) in [5.41, 5.74) is -1.49. The van der Waals surface area contributed by atoms with Gasteiger partial charge in [-0.25, -0.2) is 14.0 Å². The SMILES string of the molecule is O=C(CCCSc1nonc1C(=Nc1ccc(F)c(C(F)(F)F)c1)NO)C1(O)CNC1. The van der Waals surface area contributed by atoms with Crippen LogP contribution in [0.4, 0.5) is 23.2 Å². The number of aliphatic imine (C=N–C) groups is 1. The second kappa shape index (κ2) is 9.30. The number of rotatable bonds is 8. The van der Waals surface area contributed by atoms with Crippen molar-refractivity contribution >= 4 is 29.1 Å². The van der Waals surface area contributed by atoms with Crippen LogP contribution in [0.25, 0.3) is 0 Å². The van der Waals surface area contributed by atoms with Crippen molar-refractivity contribution in [2.45, 2.75) is 29.6 Å². The van der Waals surface area contributed by atoms with E-state index in [9.17, 15) is 32.7 Å². The molecule has 14 heteroatoms. The van der Waals surface area contributed by atoms with E-state index < -0.39 is 23.2 Å². The van der Waals surface area contributed by atoms with E-state index in [1.54, 1.807) is 5.48 Å². The van der Waals surface area contributed by atoms with Gasteiger partial charge in [-0.15, -0.1) is 11.8 Å². The molecule has 0 atom stereocenters. The van der Waals surface area contributed by atoms with Crippen LogP contribution in [-0.2, 0) is 11.0 Å². The summed E-state index contributed by atoms with van der Waals surface area (Å²) in [6.07, 6.45) is -4.37. The molecule has 4 N–H and O–H groups in total. The topological polar surface area (TPSA) is 133 Å². The highest BCUT2D eigenvalue weighted by molar-refractivity contribution is 7.99. The lowest BCUT2D eigenvalue weighted by Crippen LogP contribution is -2.64. The summed E-state index contributed by atoms with van der Waals surface area (Å²) in [7, 11) is 0. The molecular weight excluding hydrogens is 446 g/mol. The van der Waals surface area contributed by atoms with Gasteiger partial charge in [-0.05, 0) is 34.9 Å². The minimum Gasteiger partial charge on any atom is -0.379 e. The van der Waals surface area contributed by atoms with Crippen LogP contribution in [0.5, 0.6) is 0 Å². The molecule has 0 bridgehead atoms. The van der Waals surface area contributed by atoms with E-state index in [1.165, 1.54) is 0 Å². The molecule has 0 aliphatic carbocycles. The van der Waals surface area contributed by atoms with Crippen LogP contribution in [0, 0.1) is 5.82 Å².